The van der Waals surface area contributed by atoms with E-state index in [1.807, 2.05) is 18.2 Å². The Balaban J connectivity index is 1.51. The summed E-state index contributed by atoms with van der Waals surface area (Å²) in [5.41, 5.74) is 7.01. The Morgan fingerprint density at radius 1 is 0.926 bits per heavy atom. The molecule has 1 atom stereocenters. The molecule has 142 valence electrons. The first kappa shape index (κ1) is 19.1. The SMILES string of the molecule is NC(=O)c1ccccc1C(=O)CC(O)CN1CCN(c2ccccc2)CC1. The molecule has 1 unspecified atom stereocenters. The van der Waals surface area contributed by atoms with Gasteiger partial charge < -0.3 is 15.7 Å². The van der Waals surface area contributed by atoms with Gasteiger partial charge in [-0.2, -0.15) is 0 Å². The number of piperazine rings is 1. The number of rotatable bonds is 7. The highest BCUT2D eigenvalue weighted by Crippen LogP contribution is 2.17. The summed E-state index contributed by atoms with van der Waals surface area (Å²) in [6.45, 7) is 3.87. The van der Waals surface area contributed by atoms with Crippen LogP contribution < -0.4 is 10.6 Å². The van der Waals surface area contributed by atoms with Crippen LogP contribution in [0.5, 0.6) is 0 Å². The van der Waals surface area contributed by atoms with Gasteiger partial charge >= 0.3 is 0 Å². The predicted molar refractivity (Wildman–Crippen MR) is 105 cm³/mol. The quantitative estimate of drug-likeness (QED) is 0.725. The molecule has 0 saturated carbocycles. The molecule has 0 spiro atoms. The van der Waals surface area contributed by atoms with Crippen molar-refractivity contribution >= 4 is 17.4 Å². The van der Waals surface area contributed by atoms with Crippen LogP contribution in [0.4, 0.5) is 5.69 Å². The van der Waals surface area contributed by atoms with Crippen molar-refractivity contribution in [1.29, 1.82) is 0 Å². The van der Waals surface area contributed by atoms with E-state index in [1.54, 1.807) is 18.2 Å². The van der Waals surface area contributed by atoms with Crippen molar-refractivity contribution in [3.05, 3.63) is 65.7 Å². The lowest BCUT2D eigenvalue weighted by atomic mass is 9.99. The van der Waals surface area contributed by atoms with Gasteiger partial charge in [0.25, 0.3) is 0 Å². The molecule has 2 aromatic rings. The third-order valence-corrected chi connectivity index (χ3v) is 4.88. The van der Waals surface area contributed by atoms with E-state index in [9.17, 15) is 14.7 Å². The highest BCUT2D eigenvalue weighted by molar-refractivity contribution is 6.07. The standard InChI is InChI=1S/C21H25N3O3/c22-21(27)19-9-5-4-8-18(19)20(26)14-17(25)15-23-10-12-24(13-11-23)16-6-2-1-3-7-16/h1-9,17,25H,10-15H2,(H2,22,27). The Hall–Kier alpha value is -2.70. The number of anilines is 1. The van der Waals surface area contributed by atoms with E-state index in [1.165, 1.54) is 11.8 Å². The van der Waals surface area contributed by atoms with Crippen LogP contribution in [0, 0.1) is 0 Å². The fraction of sp³-hybridized carbons (Fsp3) is 0.333. The van der Waals surface area contributed by atoms with Gasteiger partial charge in [0.05, 0.1) is 6.10 Å². The van der Waals surface area contributed by atoms with Gasteiger partial charge in [0.15, 0.2) is 5.78 Å². The van der Waals surface area contributed by atoms with Crippen molar-refractivity contribution < 1.29 is 14.7 Å². The minimum atomic E-state index is -0.776. The number of ketones is 1. The summed E-state index contributed by atoms with van der Waals surface area (Å²) in [6, 6.07) is 16.7. The summed E-state index contributed by atoms with van der Waals surface area (Å²) in [5, 5.41) is 10.4. The molecule has 0 aliphatic carbocycles. The number of hydrogen-bond acceptors (Lipinski definition) is 5. The number of hydrogen-bond donors (Lipinski definition) is 2. The van der Waals surface area contributed by atoms with Crippen molar-refractivity contribution in [3.8, 4) is 0 Å². The van der Waals surface area contributed by atoms with Crippen LogP contribution in [0.3, 0.4) is 0 Å². The number of nitrogens with two attached hydrogens (primary N) is 1. The molecule has 1 fully saturated rings. The van der Waals surface area contributed by atoms with E-state index in [0.29, 0.717) is 6.54 Å². The number of para-hydroxylation sites is 1. The molecule has 6 nitrogen and oxygen atoms in total. The number of amides is 1. The zero-order valence-electron chi connectivity index (χ0n) is 15.3. The van der Waals surface area contributed by atoms with Gasteiger partial charge in [-0.25, -0.2) is 0 Å². The maximum absolute atomic E-state index is 12.5. The molecule has 1 saturated heterocycles. The summed E-state index contributed by atoms with van der Waals surface area (Å²) in [4.78, 5) is 28.4. The van der Waals surface area contributed by atoms with Gasteiger partial charge in [-0.15, -0.1) is 0 Å². The highest BCUT2D eigenvalue weighted by atomic mass is 16.3. The van der Waals surface area contributed by atoms with Crippen LogP contribution >= 0.6 is 0 Å². The largest absolute Gasteiger partial charge is 0.391 e. The molecule has 1 heterocycles. The maximum Gasteiger partial charge on any atom is 0.249 e. The average Bonchev–Trinajstić information content (AvgIpc) is 2.69. The van der Waals surface area contributed by atoms with E-state index < -0.39 is 12.0 Å². The number of benzene rings is 2. The maximum atomic E-state index is 12.5. The third kappa shape index (κ3) is 4.93. The monoisotopic (exact) mass is 367 g/mol. The summed E-state index contributed by atoms with van der Waals surface area (Å²) in [5.74, 6) is -0.898. The molecule has 6 heteroatoms. The first-order chi connectivity index (χ1) is 13.0. The molecular weight excluding hydrogens is 342 g/mol. The minimum absolute atomic E-state index is 0.0246. The van der Waals surface area contributed by atoms with Crippen molar-refractivity contribution in [3.63, 3.8) is 0 Å². The molecule has 0 bridgehead atoms. The van der Waals surface area contributed by atoms with Crippen molar-refractivity contribution in [2.45, 2.75) is 12.5 Å². The minimum Gasteiger partial charge on any atom is -0.391 e. The summed E-state index contributed by atoms with van der Waals surface area (Å²) >= 11 is 0. The van der Waals surface area contributed by atoms with E-state index in [4.69, 9.17) is 5.73 Å². The fourth-order valence-corrected chi connectivity index (χ4v) is 3.46. The predicted octanol–water partition coefficient (Wildman–Crippen LogP) is 1.54. The number of carbonyl (C=O) groups is 2. The highest BCUT2D eigenvalue weighted by Gasteiger charge is 2.22. The van der Waals surface area contributed by atoms with E-state index >= 15 is 0 Å². The molecule has 1 aliphatic heterocycles. The lowest BCUT2D eigenvalue weighted by Gasteiger charge is -2.36. The van der Waals surface area contributed by atoms with Gasteiger partial charge in [-0.1, -0.05) is 36.4 Å². The van der Waals surface area contributed by atoms with Crippen molar-refractivity contribution in [2.24, 2.45) is 5.73 Å². The van der Waals surface area contributed by atoms with Gasteiger partial charge in [-0.05, 0) is 18.2 Å². The molecule has 0 radical (unpaired) electrons. The second-order valence-corrected chi connectivity index (χ2v) is 6.81. The summed E-state index contributed by atoms with van der Waals surface area (Å²) < 4.78 is 0. The van der Waals surface area contributed by atoms with E-state index in [0.717, 1.165) is 26.2 Å². The van der Waals surface area contributed by atoms with Crippen LogP contribution in [0.1, 0.15) is 27.1 Å². The number of β-amino-alcohol motifs (C(OH)–C–C–N with tert-alkyl or cyclic N) is 1. The van der Waals surface area contributed by atoms with Crippen LogP contribution in [0.25, 0.3) is 0 Å². The number of nitrogens with zero attached hydrogens (tertiary/aromatic N) is 2. The average molecular weight is 367 g/mol. The van der Waals surface area contributed by atoms with Crippen LogP contribution in [0.2, 0.25) is 0 Å². The summed E-state index contributed by atoms with van der Waals surface area (Å²) in [7, 11) is 0. The number of Topliss-reactive ketones (excluding diaryl/α,β-unsaturated/α-hetero) is 1. The molecule has 1 aliphatic rings. The lowest BCUT2D eigenvalue weighted by molar-refractivity contribution is 0.0765. The van der Waals surface area contributed by atoms with Crippen molar-refractivity contribution in [2.75, 3.05) is 37.6 Å². The number of carbonyl (C=O) groups excluding carboxylic acids is 2. The smallest absolute Gasteiger partial charge is 0.249 e. The number of aliphatic hydroxyl groups is 1. The molecule has 0 aromatic heterocycles. The van der Waals surface area contributed by atoms with Gasteiger partial charge in [0.1, 0.15) is 0 Å². The molecule has 27 heavy (non-hydrogen) atoms. The topological polar surface area (TPSA) is 86.9 Å². The summed E-state index contributed by atoms with van der Waals surface area (Å²) in [6.07, 6.45) is -0.801. The second-order valence-electron chi connectivity index (χ2n) is 6.81. The fourth-order valence-electron chi connectivity index (χ4n) is 3.46. The molecular formula is C21H25N3O3. The van der Waals surface area contributed by atoms with Gasteiger partial charge in [-0.3, -0.25) is 14.5 Å². The van der Waals surface area contributed by atoms with Crippen molar-refractivity contribution in [1.82, 2.24) is 4.90 Å². The molecule has 2 aromatic carbocycles. The third-order valence-electron chi connectivity index (χ3n) is 4.88. The van der Waals surface area contributed by atoms with Gasteiger partial charge in [0.2, 0.25) is 5.91 Å². The normalized spacial score (nSPS) is 16.1. The number of primary amides is 1. The van der Waals surface area contributed by atoms with Crippen LogP contribution in [0.15, 0.2) is 54.6 Å². The number of aliphatic hydroxyl groups excluding tert-OH is 1. The molecule has 3 N–H and O–H groups in total. The Morgan fingerprint density at radius 3 is 2.15 bits per heavy atom. The zero-order chi connectivity index (χ0) is 19.2. The Morgan fingerprint density at radius 2 is 1.52 bits per heavy atom. The lowest BCUT2D eigenvalue weighted by Crippen LogP contribution is -2.48. The van der Waals surface area contributed by atoms with E-state index in [2.05, 4.69) is 21.9 Å². The molecule has 3 rings (SSSR count). The Labute approximate surface area is 159 Å². The second kappa shape index (κ2) is 8.79. The van der Waals surface area contributed by atoms with Crippen LogP contribution in [-0.2, 0) is 0 Å². The molecule has 1 amide bonds. The zero-order valence-corrected chi connectivity index (χ0v) is 15.3. The first-order valence-electron chi connectivity index (χ1n) is 9.17. The first-order valence-corrected chi connectivity index (χ1v) is 9.17. The Bertz CT molecular complexity index is 786. The van der Waals surface area contributed by atoms with Gasteiger partial charge in [0, 0.05) is 56.0 Å². The van der Waals surface area contributed by atoms with Crippen LogP contribution in [-0.4, -0.2) is 60.5 Å². The Kier molecular flexibility index (Phi) is 6.21. The van der Waals surface area contributed by atoms with E-state index in [-0.39, 0.29) is 23.3 Å².